The first-order valence-corrected chi connectivity index (χ1v) is 8.40. The molecule has 2 atom stereocenters. The second-order valence-corrected chi connectivity index (χ2v) is 6.31. The van der Waals surface area contributed by atoms with Crippen LogP contribution in [0.5, 0.6) is 0 Å². The van der Waals surface area contributed by atoms with E-state index in [0.717, 1.165) is 31.7 Å². The maximum absolute atomic E-state index is 13.8. The monoisotopic (exact) mass is 336 g/mol. The first-order chi connectivity index (χ1) is 11.6. The van der Waals surface area contributed by atoms with Gasteiger partial charge in [0.15, 0.2) is 0 Å². The van der Waals surface area contributed by atoms with Crippen LogP contribution in [0.15, 0.2) is 30.5 Å². The molecular weight excluding hydrogens is 314 g/mol. The number of benzene rings is 1. The van der Waals surface area contributed by atoms with Gasteiger partial charge >= 0.3 is 0 Å². The number of likely N-dealkylation sites (tertiary alicyclic amines) is 1. The number of piperidine rings is 1. The van der Waals surface area contributed by atoms with Crippen molar-refractivity contribution in [3.05, 3.63) is 47.7 Å². The molecule has 1 aromatic carbocycles. The Morgan fingerprint density at radius 1 is 1.29 bits per heavy atom. The van der Waals surface area contributed by atoms with Gasteiger partial charge in [-0.15, -0.1) is 0 Å². The van der Waals surface area contributed by atoms with Gasteiger partial charge in [0.1, 0.15) is 17.7 Å². The summed E-state index contributed by atoms with van der Waals surface area (Å²) in [6.45, 7) is 1.39. The molecule has 2 aliphatic rings. The van der Waals surface area contributed by atoms with Crippen LogP contribution in [0, 0.1) is 11.6 Å². The second kappa shape index (κ2) is 7.75. The highest BCUT2D eigenvalue weighted by atomic mass is 19.1. The number of halogens is 2. The fourth-order valence-electron chi connectivity index (χ4n) is 3.15. The van der Waals surface area contributed by atoms with Gasteiger partial charge in [0.05, 0.1) is 12.3 Å². The largest absolute Gasteiger partial charge is 0.497 e. The smallest absolute Gasteiger partial charge is 0.240 e. The summed E-state index contributed by atoms with van der Waals surface area (Å²) in [5.74, 6) is -1.25. The fraction of sp³-hybridized carbons (Fsp3) is 0.500. The molecule has 1 aromatic rings. The molecule has 1 saturated heterocycles. The van der Waals surface area contributed by atoms with Crippen LogP contribution >= 0.6 is 0 Å². The van der Waals surface area contributed by atoms with E-state index in [1.807, 2.05) is 6.08 Å². The van der Waals surface area contributed by atoms with E-state index in [0.29, 0.717) is 18.7 Å². The van der Waals surface area contributed by atoms with E-state index in [4.69, 9.17) is 4.74 Å². The van der Waals surface area contributed by atoms with Crippen LogP contribution in [0.1, 0.15) is 31.2 Å². The highest BCUT2D eigenvalue weighted by Gasteiger charge is 2.29. The zero-order chi connectivity index (χ0) is 16.9. The number of rotatable bonds is 5. The van der Waals surface area contributed by atoms with Gasteiger partial charge in [0.2, 0.25) is 5.91 Å². The highest BCUT2D eigenvalue weighted by molar-refractivity contribution is 5.82. The number of hydrogen-bond acceptors (Lipinski definition) is 3. The SMILES string of the molecule is O=C1[C@@H](NC[C@H]2CCC=CO2)CCCN1Cc1ccc(F)cc1F. The van der Waals surface area contributed by atoms with Crippen molar-refractivity contribution >= 4 is 5.91 Å². The second-order valence-electron chi connectivity index (χ2n) is 6.31. The zero-order valence-electron chi connectivity index (χ0n) is 13.5. The van der Waals surface area contributed by atoms with Gasteiger partial charge in [0.25, 0.3) is 0 Å². The average Bonchev–Trinajstić information content (AvgIpc) is 2.59. The first kappa shape index (κ1) is 16.9. The molecule has 1 N–H and O–H groups in total. The Bertz CT molecular complexity index is 621. The van der Waals surface area contributed by atoms with Crippen molar-refractivity contribution in [2.75, 3.05) is 13.1 Å². The van der Waals surface area contributed by atoms with Crippen molar-refractivity contribution in [2.45, 2.75) is 44.4 Å². The standard InChI is InChI=1S/C18H22F2N2O2/c19-14-7-6-13(16(20)10-14)12-22-8-3-5-17(18(22)23)21-11-15-4-1-2-9-24-15/h2,6-7,9-10,15,17,21H,1,3-5,8,11-12H2/t15-,17+/m1/s1. The molecule has 3 rings (SSSR count). The summed E-state index contributed by atoms with van der Waals surface area (Å²) in [5, 5.41) is 3.28. The molecule has 2 aliphatic heterocycles. The maximum atomic E-state index is 13.8. The molecule has 130 valence electrons. The number of carbonyl (C=O) groups is 1. The summed E-state index contributed by atoms with van der Waals surface area (Å²) in [7, 11) is 0. The van der Waals surface area contributed by atoms with Crippen LogP contribution in [0.25, 0.3) is 0 Å². The molecule has 0 spiro atoms. The molecule has 0 aliphatic carbocycles. The van der Waals surface area contributed by atoms with Crippen molar-refractivity contribution in [3.8, 4) is 0 Å². The van der Waals surface area contributed by atoms with Crippen LogP contribution in [-0.2, 0) is 16.1 Å². The van der Waals surface area contributed by atoms with Gasteiger partial charge in [-0.1, -0.05) is 6.07 Å². The Balaban J connectivity index is 1.56. The third-order valence-electron chi connectivity index (χ3n) is 4.52. The van der Waals surface area contributed by atoms with Crippen molar-refractivity contribution in [3.63, 3.8) is 0 Å². The highest BCUT2D eigenvalue weighted by Crippen LogP contribution is 2.18. The molecule has 0 saturated carbocycles. The molecule has 0 bridgehead atoms. The Labute approximate surface area is 140 Å². The number of allylic oxidation sites excluding steroid dienone is 1. The average molecular weight is 336 g/mol. The Morgan fingerprint density at radius 2 is 2.17 bits per heavy atom. The molecule has 2 heterocycles. The fourth-order valence-corrected chi connectivity index (χ4v) is 3.15. The zero-order valence-corrected chi connectivity index (χ0v) is 13.5. The summed E-state index contributed by atoms with van der Waals surface area (Å²) in [6, 6.07) is 3.21. The number of nitrogens with zero attached hydrogens (tertiary/aromatic N) is 1. The summed E-state index contributed by atoms with van der Waals surface area (Å²) < 4.78 is 32.3. The Morgan fingerprint density at radius 3 is 2.92 bits per heavy atom. The van der Waals surface area contributed by atoms with Crippen LogP contribution in [0.3, 0.4) is 0 Å². The predicted octanol–water partition coefficient (Wildman–Crippen LogP) is 2.74. The number of carbonyl (C=O) groups excluding carboxylic acids is 1. The third-order valence-corrected chi connectivity index (χ3v) is 4.52. The van der Waals surface area contributed by atoms with E-state index < -0.39 is 11.6 Å². The van der Waals surface area contributed by atoms with Crippen molar-refractivity contribution < 1.29 is 18.3 Å². The lowest BCUT2D eigenvalue weighted by Crippen LogP contribution is -2.51. The minimum Gasteiger partial charge on any atom is -0.497 e. The molecule has 6 heteroatoms. The van der Waals surface area contributed by atoms with Crippen LogP contribution in [0.2, 0.25) is 0 Å². The van der Waals surface area contributed by atoms with Crippen LogP contribution < -0.4 is 5.32 Å². The van der Waals surface area contributed by atoms with E-state index in [1.54, 1.807) is 11.2 Å². The molecule has 1 amide bonds. The molecule has 4 nitrogen and oxygen atoms in total. The normalized spacial score (nSPS) is 24.1. The summed E-state index contributed by atoms with van der Waals surface area (Å²) in [5.41, 5.74) is 0.339. The van der Waals surface area contributed by atoms with E-state index in [1.165, 1.54) is 12.1 Å². The molecule has 0 radical (unpaired) electrons. The lowest BCUT2D eigenvalue weighted by molar-refractivity contribution is -0.136. The minimum absolute atomic E-state index is 0.0312. The van der Waals surface area contributed by atoms with Gasteiger partial charge in [0, 0.05) is 31.3 Å². The maximum Gasteiger partial charge on any atom is 0.240 e. The lowest BCUT2D eigenvalue weighted by atomic mass is 10.0. The number of amides is 1. The number of nitrogens with one attached hydrogen (secondary N) is 1. The number of hydrogen-bond donors (Lipinski definition) is 1. The van der Waals surface area contributed by atoms with Gasteiger partial charge in [-0.25, -0.2) is 8.78 Å². The van der Waals surface area contributed by atoms with Gasteiger partial charge in [-0.05, 0) is 37.8 Å². The van der Waals surface area contributed by atoms with Crippen molar-refractivity contribution in [1.82, 2.24) is 10.2 Å². The third kappa shape index (κ3) is 4.12. The molecule has 1 fully saturated rings. The molecule has 0 unspecified atom stereocenters. The minimum atomic E-state index is -0.611. The summed E-state index contributed by atoms with van der Waals surface area (Å²) >= 11 is 0. The quantitative estimate of drug-likeness (QED) is 0.899. The summed E-state index contributed by atoms with van der Waals surface area (Å²) in [6.07, 6.45) is 7.34. The Hall–Kier alpha value is -1.95. The van der Waals surface area contributed by atoms with Gasteiger partial charge in [-0.3, -0.25) is 4.79 Å². The van der Waals surface area contributed by atoms with Crippen LogP contribution in [0.4, 0.5) is 8.78 Å². The van der Waals surface area contributed by atoms with Crippen molar-refractivity contribution in [1.29, 1.82) is 0 Å². The van der Waals surface area contributed by atoms with Crippen molar-refractivity contribution in [2.24, 2.45) is 0 Å². The first-order valence-electron chi connectivity index (χ1n) is 8.40. The summed E-state index contributed by atoms with van der Waals surface area (Å²) in [4.78, 5) is 14.2. The number of ether oxygens (including phenoxy) is 1. The topological polar surface area (TPSA) is 41.6 Å². The van der Waals surface area contributed by atoms with E-state index in [-0.39, 0.29) is 24.6 Å². The predicted molar refractivity (Wildman–Crippen MR) is 86.0 cm³/mol. The molecule has 24 heavy (non-hydrogen) atoms. The molecule has 0 aromatic heterocycles. The lowest BCUT2D eigenvalue weighted by Gasteiger charge is -2.33. The van der Waals surface area contributed by atoms with E-state index >= 15 is 0 Å². The molecular formula is C18H22F2N2O2. The van der Waals surface area contributed by atoms with Crippen LogP contribution in [-0.4, -0.2) is 36.0 Å². The Kier molecular flexibility index (Phi) is 5.45. The van der Waals surface area contributed by atoms with E-state index in [2.05, 4.69) is 5.32 Å². The van der Waals surface area contributed by atoms with E-state index in [9.17, 15) is 13.6 Å². The van der Waals surface area contributed by atoms with Gasteiger partial charge in [-0.2, -0.15) is 0 Å². The van der Waals surface area contributed by atoms with Gasteiger partial charge < -0.3 is 15.0 Å².